The van der Waals surface area contributed by atoms with Gasteiger partial charge in [-0.25, -0.2) is 9.97 Å². The first-order chi connectivity index (χ1) is 6.66. The highest BCUT2D eigenvalue weighted by atomic mass is 16.6. The topological polar surface area (TPSA) is 107 Å². The molecule has 7 nitrogen and oxygen atoms in total. The standard InChI is InChI=1S/C7H7N5O2/c1-2-3-9-7-5(12(13)14)6(8)10-4-11-7/h1,4H,3H2,(H3,8,9,10,11). The van der Waals surface area contributed by atoms with Crippen LogP contribution in [0.1, 0.15) is 0 Å². The number of nitrogens with one attached hydrogen (secondary N) is 1. The molecular formula is C7H7N5O2. The number of nitrogens with zero attached hydrogens (tertiary/aromatic N) is 3. The van der Waals surface area contributed by atoms with E-state index in [2.05, 4.69) is 21.2 Å². The van der Waals surface area contributed by atoms with Gasteiger partial charge in [0, 0.05) is 0 Å². The van der Waals surface area contributed by atoms with Crippen LogP contribution in [0, 0.1) is 22.5 Å². The largest absolute Gasteiger partial charge is 0.378 e. The van der Waals surface area contributed by atoms with Gasteiger partial charge in [0.05, 0.1) is 11.5 Å². The van der Waals surface area contributed by atoms with Gasteiger partial charge in [-0.1, -0.05) is 5.92 Å². The Bertz CT molecular complexity index is 398. The van der Waals surface area contributed by atoms with E-state index < -0.39 is 4.92 Å². The number of terminal acetylenes is 1. The van der Waals surface area contributed by atoms with Gasteiger partial charge in [-0.05, 0) is 0 Å². The summed E-state index contributed by atoms with van der Waals surface area (Å²) in [6, 6.07) is 0. The first-order valence-electron chi connectivity index (χ1n) is 3.59. The molecule has 1 aromatic heterocycles. The summed E-state index contributed by atoms with van der Waals surface area (Å²) in [7, 11) is 0. The number of anilines is 2. The van der Waals surface area contributed by atoms with Gasteiger partial charge in [-0.3, -0.25) is 10.1 Å². The van der Waals surface area contributed by atoms with Crippen LogP contribution < -0.4 is 11.1 Å². The minimum Gasteiger partial charge on any atom is -0.378 e. The number of nitrogen functional groups attached to an aromatic ring is 1. The normalized spacial score (nSPS) is 9.07. The molecule has 1 aromatic rings. The first kappa shape index (κ1) is 9.73. The van der Waals surface area contributed by atoms with Crippen LogP contribution in [0.3, 0.4) is 0 Å². The lowest BCUT2D eigenvalue weighted by Crippen LogP contribution is -2.07. The van der Waals surface area contributed by atoms with Gasteiger partial charge in [0.1, 0.15) is 6.33 Å². The molecule has 0 aliphatic heterocycles. The first-order valence-corrected chi connectivity index (χ1v) is 3.59. The van der Waals surface area contributed by atoms with Crippen molar-refractivity contribution >= 4 is 17.3 Å². The summed E-state index contributed by atoms with van der Waals surface area (Å²) >= 11 is 0. The van der Waals surface area contributed by atoms with Crippen LogP contribution in [0.2, 0.25) is 0 Å². The molecule has 0 aromatic carbocycles. The summed E-state index contributed by atoms with van der Waals surface area (Å²) in [5, 5.41) is 13.1. The molecule has 3 N–H and O–H groups in total. The molecule has 0 aliphatic rings. The summed E-state index contributed by atoms with van der Waals surface area (Å²) in [6.07, 6.45) is 6.11. The monoisotopic (exact) mass is 193 g/mol. The highest BCUT2D eigenvalue weighted by Crippen LogP contribution is 2.25. The third-order valence-electron chi connectivity index (χ3n) is 1.39. The fraction of sp³-hybridized carbons (Fsp3) is 0.143. The maximum Gasteiger partial charge on any atom is 0.353 e. The van der Waals surface area contributed by atoms with Gasteiger partial charge < -0.3 is 11.1 Å². The number of aromatic nitrogens is 2. The second kappa shape index (κ2) is 4.04. The minimum atomic E-state index is -0.659. The number of nitrogens with two attached hydrogens (primary N) is 1. The van der Waals surface area contributed by atoms with E-state index in [0.717, 1.165) is 6.33 Å². The molecule has 0 radical (unpaired) electrons. The van der Waals surface area contributed by atoms with Gasteiger partial charge in [0.2, 0.25) is 11.6 Å². The average Bonchev–Trinajstić information content (AvgIpc) is 2.14. The van der Waals surface area contributed by atoms with Crippen LogP contribution in [-0.2, 0) is 0 Å². The van der Waals surface area contributed by atoms with E-state index >= 15 is 0 Å². The molecule has 0 spiro atoms. The van der Waals surface area contributed by atoms with Crippen molar-refractivity contribution in [3.8, 4) is 12.3 Å². The molecule has 1 rings (SSSR count). The Balaban J connectivity index is 3.09. The molecule has 0 saturated carbocycles. The smallest absolute Gasteiger partial charge is 0.353 e. The van der Waals surface area contributed by atoms with Crippen LogP contribution in [-0.4, -0.2) is 21.4 Å². The van der Waals surface area contributed by atoms with Crippen LogP contribution in [0.15, 0.2) is 6.33 Å². The molecule has 0 unspecified atom stereocenters. The third kappa shape index (κ3) is 1.87. The summed E-state index contributed by atoms with van der Waals surface area (Å²) in [5.74, 6) is 2.10. The third-order valence-corrected chi connectivity index (χ3v) is 1.39. The second-order valence-electron chi connectivity index (χ2n) is 2.27. The van der Waals surface area contributed by atoms with Crippen molar-refractivity contribution in [2.45, 2.75) is 0 Å². The summed E-state index contributed by atoms with van der Waals surface area (Å²) in [4.78, 5) is 17.1. The summed E-state index contributed by atoms with van der Waals surface area (Å²) in [5.41, 5.74) is 4.95. The maximum absolute atomic E-state index is 10.6. The van der Waals surface area contributed by atoms with Crippen LogP contribution in [0.5, 0.6) is 0 Å². The summed E-state index contributed by atoms with van der Waals surface area (Å²) < 4.78 is 0. The molecule has 7 heteroatoms. The molecule has 0 bridgehead atoms. The predicted octanol–water partition coefficient (Wildman–Crippen LogP) is 0.0121. The van der Waals surface area contributed by atoms with Gasteiger partial charge in [0.25, 0.3) is 0 Å². The van der Waals surface area contributed by atoms with E-state index in [9.17, 15) is 10.1 Å². The van der Waals surface area contributed by atoms with E-state index in [1.165, 1.54) is 0 Å². The zero-order chi connectivity index (χ0) is 10.6. The number of hydrogen-bond donors (Lipinski definition) is 2. The Kier molecular flexibility index (Phi) is 2.81. The summed E-state index contributed by atoms with van der Waals surface area (Å²) in [6.45, 7) is 0.136. The van der Waals surface area contributed by atoms with E-state index in [4.69, 9.17) is 12.2 Å². The molecule has 0 amide bonds. The SMILES string of the molecule is C#CCNc1ncnc(N)c1[N+](=O)[O-]. The van der Waals surface area contributed by atoms with Crippen molar-refractivity contribution in [1.29, 1.82) is 0 Å². The quantitative estimate of drug-likeness (QED) is 0.398. The fourth-order valence-corrected chi connectivity index (χ4v) is 0.837. The van der Waals surface area contributed by atoms with E-state index in [-0.39, 0.29) is 23.9 Å². The Morgan fingerprint density at radius 3 is 3.00 bits per heavy atom. The van der Waals surface area contributed by atoms with Crippen LogP contribution in [0.4, 0.5) is 17.3 Å². The van der Waals surface area contributed by atoms with E-state index in [1.807, 2.05) is 0 Å². The zero-order valence-corrected chi connectivity index (χ0v) is 7.10. The molecule has 1 heterocycles. The Morgan fingerprint density at radius 1 is 1.71 bits per heavy atom. The van der Waals surface area contributed by atoms with Crippen LogP contribution in [0.25, 0.3) is 0 Å². The zero-order valence-electron chi connectivity index (χ0n) is 7.10. The van der Waals surface area contributed by atoms with E-state index in [1.54, 1.807) is 0 Å². The van der Waals surface area contributed by atoms with Crippen molar-refractivity contribution in [3.05, 3.63) is 16.4 Å². The van der Waals surface area contributed by atoms with Crippen molar-refractivity contribution in [1.82, 2.24) is 9.97 Å². The Morgan fingerprint density at radius 2 is 2.43 bits per heavy atom. The Labute approximate surface area is 79.5 Å². The highest BCUT2D eigenvalue weighted by Gasteiger charge is 2.19. The molecular weight excluding hydrogens is 186 g/mol. The Hall–Kier alpha value is -2.36. The molecule has 0 aliphatic carbocycles. The lowest BCUT2D eigenvalue weighted by Gasteiger charge is -2.02. The number of nitro groups is 1. The van der Waals surface area contributed by atoms with Crippen molar-refractivity contribution in [2.24, 2.45) is 0 Å². The van der Waals surface area contributed by atoms with Crippen molar-refractivity contribution < 1.29 is 4.92 Å². The molecule has 72 valence electrons. The second-order valence-corrected chi connectivity index (χ2v) is 2.27. The molecule has 0 atom stereocenters. The molecule has 14 heavy (non-hydrogen) atoms. The lowest BCUT2D eigenvalue weighted by molar-refractivity contribution is -0.383. The van der Waals surface area contributed by atoms with Gasteiger partial charge >= 0.3 is 5.69 Å². The average molecular weight is 193 g/mol. The van der Waals surface area contributed by atoms with Gasteiger partial charge in [0.15, 0.2) is 0 Å². The molecule has 0 saturated heterocycles. The van der Waals surface area contributed by atoms with Gasteiger partial charge in [-0.2, -0.15) is 0 Å². The minimum absolute atomic E-state index is 0.0282. The van der Waals surface area contributed by atoms with Crippen molar-refractivity contribution in [2.75, 3.05) is 17.6 Å². The van der Waals surface area contributed by atoms with E-state index in [0.29, 0.717) is 0 Å². The predicted molar refractivity (Wildman–Crippen MR) is 50.4 cm³/mol. The molecule has 0 fully saturated rings. The lowest BCUT2D eigenvalue weighted by atomic mass is 10.4. The maximum atomic E-state index is 10.6. The fourth-order valence-electron chi connectivity index (χ4n) is 0.837. The van der Waals surface area contributed by atoms with Crippen molar-refractivity contribution in [3.63, 3.8) is 0 Å². The van der Waals surface area contributed by atoms with Gasteiger partial charge in [-0.15, -0.1) is 6.42 Å². The highest BCUT2D eigenvalue weighted by molar-refractivity contribution is 5.67. The number of rotatable bonds is 3. The van der Waals surface area contributed by atoms with Crippen LogP contribution >= 0.6 is 0 Å². The number of hydrogen-bond acceptors (Lipinski definition) is 6.